The minimum Gasteiger partial charge on any atom is -0.481 e. The molecule has 2 rings (SSSR count). The van der Waals surface area contributed by atoms with Crippen molar-refractivity contribution in [3.8, 4) is 0 Å². The lowest BCUT2D eigenvalue weighted by Crippen LogP contribution is -2.27. The van der Waals surface area contributed by atoms with E-state index in [-0.39, 0.29) is 17.2 Å². The molecular weight excluding hydrogens is 382 g/mol. The summed E-state index contributed by atoms with van der Waals surface area (Å²) in [6, 6.07) is 6.56. The van der Waals surface area contributed by atoms with E-state index in [1.165, 1.54) is 0 Å². The Morgan fingerprint density at radius 1 is 1.13 bits per heavy atom. The van der Waals surface area contributed by atoms with Crippen LogP contribution in [0.2, 0.25) is 0 Å². The maximum Gasteiger partial charge on any atom is 0.303 e. The normalized spacial score (nSPS) is 22.0. The average molecular weight is 404 g/mol. The first kappa shape index (κ1) is 18.4. The third-order valence-electron chi connectivity index (χ3n) is 4.40. The molecule has 1 saturated carbocycles. The largest absolute Gasteiger partial charge is 0.481 e. The van der Waals surface area contributed by atoms with E-state index in [1.807, 2.05) is 0 Å². The van der Waals surface area contributed by atoms with Crippen LogP contribution in [0.1, 0.15) is 38.5 Å². The topological polar surface area (TPSA) is 83.5 Å². The van der Waals surface area contributed by atoms with E-state index in [1.54, 1.807) is 24.3 Å². The van der Waals surface area contributed by atoms with E-state index in [0.29, 0.717) is 12.5 Å². The van der Waals surface area contributed by atoms with Crippen molar-refractivity contribution >= 4 is 31.9 Å². The Balaban J connectivity index is 1.75. The highest BCUT2D eigenvalue weighted by atomic mass is 79.9. The summed E-state index contributed by atoms with van der Waals surface area (Å²) in [4.78, 5) is 11.0. The van der Waals surface area contributed by atoms with Gasteiger partial charge in [0.1, 0.15) is 0 Å². The van der Waals surface area contributed by atoms with Gasteiger partial charge in [-0.05, 0) is 55.4 Å². The third-order valence-corrected chi connectivity index (χ3v) is 6.40. The van der Waals surface area contributed by atoms with Crippen molar-refractivity contribution in [2.24, 2.45) is 11.8 Å². The van der Waals surface area contributed by atoms with Crippen molar-refractivity contribution in [1.82, 2.24) is 4.72 Å². The molecule has 1 aliphatic rings. The van der Waals surface area contributed by atoms with Crippen LogP contribution in [0.15, 0.2) is 33.6 Å². The molecule has 0 atom stereocenters. The molecule has 0 heterocycles. The molecule has 0 aromatic heterocycles. The summed E-state index contributed by atoms with van der Waals surface area (Å²) in [6.45, 7) is 0.423. The van der Waals surface area contributed by atoms with Crippen LogP contribution < -0.4 is 4.72 Å². The molecule has 0 bridgehead atoms. The minimum absolute atomic E-state index is 0.253. The van der Waals surface area contributed by atoms with Crippen molar-refractivity contribution in [1.29, 1.82) is 0 Å². The first-order valence-electron chi connectivity index (χ1n) is 7.84. The molecule has 7 heteroatoms. The SMILES string of the molecule is O=C(O)CC1CCC(CCNS(=O)(=O)c2ccc(Br)cc2)CC1. The third kappa shape index (κ3) is 5.90. The second-order valence-electron chi connectivity index (χ2n) is 6.12. The number of benzene rings is 1. The van der Waals surface area contributed by atoms with Crippen molar-refractivity contribution in [2.75, 3.05) is 6.54 Å². The molecule has 1 aromatic rings. The zero-order valence-corrected chi connectivity index (χ0v) is 15.3. The zero-order chi connectivity index (χ0) is 16.9. The molecule has 2 N–H and O–H groups in total. The van der Waals surface area contributed by atoms with Crippen LogP contribution in [0.5, 0.6) is 0 Å². The van der Waals surface area contributed by atoms with Crippen LogP contribution in [0, 0.1) is 11.8 Å². The number of carboxylic acids is 1. The Kier molecular flexibility index (Phi) is 6.61. The molecule has 0 spiro atoms. The first-order valence-corrected chi connectivity index (χ1v) is 10.1. The van der Waals surface area contributed by atoms with Crippen LogP contribution in [0.4, 0.5) is 0 Å². The van der Waals surface area contributed by atoms with Gasteiger partial charge >= 0.3 is 5.97 Å². The van der Waals surface area contributed by atoms with Gasteiger partial charge in [0.25, 0.3) is 0 Å². The van der Waals surface area contributed by atoms with Crippen molar-refractivity contribution in [2.45, 2.75) is 43.4 Å². The second kappa shape index (κ2) is 8.26. The molecule has 0 radical (unpaired) electrons. The average Bonchev–Trinajstić information content (AvgIpc) is 2.49. The summed E-state index contributed by atoms with van der Waals surface area (Å²) in [5.41, 5.74) is 0. The van der Waals surface area contributed by atoms with Crippen LogP contribution >= 0.6 is 15.9 Å². The Morgan fingerprint density at radius 3 is 2.26 bits per heavy atom. The Hall–Kier alpha value is -0.920. The van der Waals surface area contributed by atoms with E-state index in [0.717, 1.165) is 36.6 Å². The molecule has 5 nitrogen and oxygen atoms in total. The number of halogens is 1. The van der Waals surface area contributed by atoms with Gasteiger partial charge in [0, 0.05) is 17.4 Å². The number of carboxylic acid groups (broad SMARTS) is 1. The second-order valence-corrected chi connectivity index (χ2v) is 8.81. The van der Waals surface area contributed by atoms with Crippen LogP contribution in [-0.4, -0.2) is 26.0 Å². The van der Waals surface area contributed by atoms with Crippen molar-refractivity contribution < 1.29 is 18.3 Å². The Labute approximate surface area is 145 Å². The van der Waals surface area contributed by atoms with Crippen molar-refractivity contribution in [3.63, 3.8) is 0 Å². The van der Waals surface area contributed by atoms with Crippen molar-refractivity contribution in [3.05, 3.63) is 28.7 Å². The lowest BCUT2D eigenvalue weighted by Gasteiger charge is -2.27. The van der Waals surface area contributed by atoms with Gasteiger partial charge in [0.05, 0.1) is 4.90 Å². The monoisotopic (exact) mass is 403 g/mol. The van der Waals surface area contributed by atoms with E-state index in [4.69, 9.17) is 5.11 Å². The molecule has 0 unspecified atom stereocenters. The molecule has 0 saturated heterocycles. The molecule has 0 amide bonds. The maximum absolute atomic E-state index is 12.2. The van der Waals surface area contributed by atoms with Gasteiger partial charge in [-0.15, -0.1) is 0 Å². The fourth-order valence-corrected chi connectivity index (χ4v) is 4.38. The molecular formula is C16H22BrNO4S. The van der Waals surface area contributed by atoms with Gasteiger partial charge in [-0.3, -0.25) is 4.79 Å². The van der Waals surface area contributed by atoms with Crippen LogP contribution in [0.3, 0.4) is 0 Å². The summed E-state index contributed by atoms with van der Waals surface area (Å²) in [5.74, 6) is 0.0339. The highest BCUT2D eigenvalue weighted by Gasteiger charge is 2.23. The van der Waals surface area contributed by atoms with E-state index < -0.39 is 16.0 Å². The van der Waals surface area contributed by atoms with Gasteiger partial charge in [0.15, 0.2) is 0 Å². The summed E-state index contributed by atoms with van der Waals surface area (Å²) < 4.78 is 27.8. The Morgan fingerprint density at radius 2 is 1.70 bits per heavy atom. The number of nitrogens with one attached hydrogen (secondary N) is 1. The molecule has 1 fully saturated rings. The van der Waals surface area contributed by atoms with Gasteiger partial charge in [-0.25, -0.2) is 13.1 Å². The van der Waals surface area contributed by atoms with E-state index in [2.05, 4.69) is 20.7 Å². The predicted octanol–water partition coefficient (Wildman–Crippen LogP) is 3.40. The van der Waals surface area contributed by atoms with Gasteiger partial charge in [0.2, 0.25) is 10.0 Å². The predicted molar refractivity (Wildman–Crippen MR) is 91.6 cm³/mol. The lowest BCUT2D eigenvalue weighted by atomic mass is 9.79. The number of hydrogen-bond acceptors (Lipinski definition) is 3. The minimum atomic E-state index is -3.45. The summed E-state index contributed by atoms with van der Waals surface area (Å²) in [7, 11) is -3.45. The number of rotatable bonds is 7. The molecule has 23 heavy (non-hydrogen) atoms. The van der Waals surface area contributed by atoms with Gasteiger partial charge in [-0.2, -0.15) is 0 Å². The molecule has 0 aliphatic heterocycles. The summed E-state index contributed by atoms with van der Waals surface area (Å²) in [6.07, 6.45) is 4.88. The van der Waals surface area contributed by atoms with E-state index >= 15 is 0 Å². The maximum atomic E-state index is 12.2. The smallest absolute Gasteiger partial charge is 0.303 e. The fraction of sp³-hybridized carbons (Fsp3) is 0.562. The van der Waals surface area contributed by atoms with E-state index in [9.17, 15) is 13.2 Å². The number of carbonyl (C=O) groups is 1. The Bertz CT molecular complexity index is 622. The zero-order valence-electron chi connectivity index (χ0n) is 12.9. The number of aliphatic carboxylic acids is 1. The standard InChI is InChI=1S/C16H22BrNO4S/c17-14-5-7-15(8-6-14)23(21,22)18-10-9-12-1-3-13(4-2-12)11-16(19)20/h5-8,12-13,18H,1-4,9-11H2,(H,19,20). The highest BCUT2D eigenvalue weighted by molar-refractivity contribution is 9.10. The fourth-order valence-electron chi connectivity index (χ4n) is 3.07. The number of hydrogen-bond donors (Lipinski definition) is 2. The van der Waals surface area contributed by atoms with Gasteiger partial charge < -0.3 is 5.11 Å². The molecule has 128 valence electrons. The quantitative estimate of drug-likeness (QED) is 0.730. The summed E-state index contributed by atoms with van der Waals surface area (Å²) in [5, 5.41) is 8.81. The lowest BCUT2D eigenvalue weighted by molar-refractivity contribution is -0.138. The van der Waals surface area contributed by atoms with Gasteiger partial charge in [-0.1, -0.05) is 28.8 Å². The molecule has 1 aromatic carbocycles. The summed E-state index contributed by atoms with van der Waals surface area (Å²) >= 11 is 3.28. The van der Waals surface area contributed by atoms with Crippen LogP contribution in [0.25, 0.3) is 0 Å². The molecule has 1 aliphatic carbocycles. The number of sulfonamides is 1. The highest BCUT2D eigenvalue weighted by Crippen LogP contribution is 2.32. The first-order chi connectivity index (χ1) is 10.9. The van der Waals surface area contributed by atoms with Crippen LogP contribution in [-0.2, 0) is 14.8 Å².